The number of phenols is 1. The standard InChI is InChI=1S/C20H15ClN2O2S/c21-13-5-6-19-15(9-13)17-10-16(14-3-1-2-4-18(14)24)22-23(17)20(25-19)12-7-8-26-11-12/h1-9,11,17,20,24H,10H2. The Bertz CT molecular complexity index is 1000. The van der Waals surface area contributed by atoms with Crippen molar-refractivity contribution in [3.8, 4) is 11.5 Å². The van der Waals surface area contributed by atoms with E-state index in [0.29, 0.717) is 11.4 Å². The van der Waals surface area contributed by atoms with Gasteiger partial charge in [0, 0.05) is 28.1 Å². The Balaban J connectivity index is 1.62. The predicted molar refractivity (Wildman–Crippen MR) is 103 cm³/mol. The van der Waals surface area contributed by atoms with Gasteiger partial charge in [0.1, 0.15) is 11.5 Å². The van der Waals surface area contributed by atoms with Gasteiger partial charge >= 0.3 is 0 Å². The van der Waals surface area contributed by atoms with Crippen molar-refractivity contribution < 1.29 is 9.84 Å². The maximum absolute atomic E-state index is 10.2. The van der Waals surface area contributed by atoms with Crippen LogP contribution in [0.3, 0.4) is 0 Å². The number of hydrazone groups is 1. The minimum Gasteiger partial charge on any atom is -0.507 e. The van der Waals surface area contributed by atoms with Gasteiger partial charge in [-0.25, -0.2) is 5.01 Å². The molecular formula is C20H15ClN2O2S. The average Bonchev–Trinajstić information content (AvgIpc) is 3.32. The lowest BCUT2D eigenvalue weighted by Gasteiger charge is -2.37. The summed E-state index contributed by atoms with van der Waals surface area (Å²) in [6.45, 7) is 0. The Labute approximate surface area is 159 Å². The van der Waals surface area contributed by atoms with E-state index in [1.54, 1.807) is 17.4 Å². The van der Waals surface area contributed by atoms with Gasteiger partial charge in [-0.2, -0.15) is 16.4 Å². The molecule has 0 radical (unpaired) electrons. The molecule has 3 heterocycles. The zero-order chi connectivity index (χ0) is 17.7. The maximum atomic E-state index is 10.2. The Morgan fingerprint density at radius 2 is 2.08 bits per heavy atom. The van der Waals surface area contributed by atoms with Crippen LogP contribution < -0.4 is 4.74 Å². The van der Waals surface area contributed by atoms with Crippen molar-refractivity contribution in [1.29, 1.82) is 0 Å². The molecule has 3 aromatic rings. The van der Waals surface area contributed by atoms with Gasteiger partial charge in [0.25, 0.3) is 0 Å². The molecular weight excluding hydrogens is 368 g/mol. The highest BCUT2D eigenvalue weighted by atomic mass is 35.5. The van der Waals surface area contributed by atoms with Gasteiger partial charge in [0.15, 0.2) is 0 Å². The summed E-state index contributed by atoms with van der Waals surface area (Å²) in [6.07, 6.45) is 0.401. The normalized spacial score (nSPS) is 21.0. The third kappa shape index (κ3) is 2.47. The van der Waals surface area contributed by atoms with E-state index in [9.17, 15) is 5.11 Å². The topological polar surface area (TPSA) is 45.1 Å². The van der Waals surface area contributed by atoms with Crippen LogP contribution in [-0.2, 0) is 0 Å². The maximum Gasteiger partial charge on any atom is 0.214 e. The smallest absolute Gasteiger partial charge is 0.214 e. The van der Waals surface area contributed by atoms with Crippen LogP contribution in [0.1, 0.15) is 35.4 Å². The van der Waals surface area contributed by atoms with Gasteiger partial charge in [0.2, 0.25) is 6.23 Å². The molecule has 0 saturated carbocycles. The van der Waals surface area contributed by atoms with Gasteiger partial charge in [-0.3, -0.25) is 0 Å². The van der Waals surface area contributed by atoms with Gasteiger partial charge in [-0.1, -0.05) is 23.7 Å². The van der Waals surface area contributed by atoms with E-state index >= 15 is 0 Å². The lowest BCUT2D eigenvalue weighted by atomic mass is 9.96. The SMILES string of the molecule is Oc1ccccc1C1=NN2C(C1)c1cc(Cl)ccc1OC2c1ccsc1. The first-order chi connectivity index (χ1) is 12.7. The number of hydrogen-bond acceptors (Lipinski definition) is 5. The van der Waals surface area contributed by atoms with E-state index in [1.165, 1.54) is 0 Å². The number of aromatic hydroxyl groups is 1. The first-order valence-corrected chi connectivity index (χ1v) is 9.65. The fraction of sp³-hybridized carbons (Fsp3) is 0.150. The molecule has 0 amide bonds. The van der Waals surface area contributed by atoms with E-state index in [2.05, 4.69) is 11.4 Å². The summed E-state index contributed by atoms with van der Waals surface area (Å²) in [5, 5.41) is 21.9. The third-order valence-corrected chi connectivity index (χ3v) is 5.73. The van der Waals surface area contributed by atoms with Crippen LogP contribution >= 0.6 is 22.9 Å². The fourth-order valence-corrected chi connectivity index (χ4v) is 4.42. The molecule has 2 aliphatic rings. The van der Waals surface area contributed by atoms with Gasteiger partial charge in [0.05, 0.1) is 11.8 Å². The number of nitrogens with zero attached hydrogens (tertiary/aromatic N) is 2. The monoisotopic (exact) mass is 382 g/mol. The minimum absolute atomic E-state index is 0.0250. The van der Waals surface area contributed by atoms with E-state index in [4.69, 9.17) is 21.4 Å². The predicted octanol–water partition coefficient (Wildman–Crippen LogP) is 5.35. The number of ether oxygens (including phenoxy) is 1. The molecule has 26 heavy (non-hydrogen) atoms. The highest BCUT2D eigenvalue weighted by Crippen LogP contribution is 2.48. The highest BCUT2D eigenvalue weighted by molar-refractivity contribution is 7.07. The molecule has 2 unspecified atom stereocenters. The van der Waals surface area contributed by atoms with Crippen LogP contribution in [0.15, 0.2) is 64.4 Å². The summed E-state index contributed by atoms with van der Waals surface area (Å²) >= 11 is 7.87. The molecule has 2 aromatic carbocycles. The number of rotatable bonds is 2. The van der Waals surface area contributed by atoms with Crippen LogP contribution in [0.4, 0.5) is 0 Å². The number of hydrogen-bond donors (Lipinski definition) is 1. The molecule has 6 heteroatoms. The molecule has 130 valence electrons. The van der Waals surface area contributed by atoms with Crippen molar-refractivity contribution in [2.45, 2.75) is 18.7 Å². The third-order valence-electron chi connectivity index (χ3n) is 4.80. The second-order valence-electron chi connectivity index (χ2n) is 6.37. The van der Waals surface area contributed by atoms with Crippen molar-refractivity contribution in [1.82, 2.24) is 5.01 Å². The molecule has 4 nitrogen and oxygen atoms in total. The molecule has 0 aliphatic carbocycles. The van der Waals surface area contributed by atoms with Crippen LogP contribution in [-0.4, -0.2) is 15.8 Å². The number of phenolic OH excluding ortho intramolecular Hbond substituents is 1. The van der Waals surface area contributed by atoms with Crippen LogP contribution in [0.25, 0.3) is 0 Å². The van der Waals surface area contributed by atoms with E-state index in [1.807, 2.05) is 46.8 Å². The summed E-state index contributed by atoms with van der Waals surface area (Å²) in [4.78, 5) is 0. The number of para-hydroxylation sites is 1. The molecule has 0 saturated heterocycles. The summed E-state index contributed by atoms with van der Waals surface area (Å²) in [7, 11) is 0. The zero-order valence-electron chi connectivity index (χ0n) is 13.7. The summed E-state index contributed by atoms with van der Waals surface area (Å²) in [6, 6.07) is 15.1. The number of halogens is 1. The quantitative estimate of drug-likeness (QED) is 0.649. The lowest BCUT2D eigenvalue weighted by Crippen LogP contribution is -2.33. The Hall–Kier alpha value is -2.50. The second-order valence-corrected chi connectivity index (χ2v) is 7.59. The first kappa shape index (κ1) is 15.7. The van der Waals surface area contributed by atoms with Crippen molar-refractivity contribution >= 4 is 28.6 Å². The molecule has 2 aliphatic heterocycles. The van der Waals surface area contributed by atoms with Gasteiger partial charge in [-0.05, 0) is 47.2 Å². The van der Waals surface area contributed by atoms with E-state index in [0.717, 1.165) is 28.2 Å². The lowest BCUT2D eigenvalue weighted by molar-refractivity contribution is -0.0187. The molecule has 1 aromatic heterocycles. The molecule has 2 atom stereocenters. The molecule has 0 bridgehead atoms. The first-order valence-electron chi connectivity index (χ1n) is 8.33. The van der Waals surface area contributed by atoms with Gasteiger partial charge in [-0.15, -0.1) is 0 Å². The van der Waals surface area contributed by atoms with Crippen molar-refractivity contribution in [3.63, 3.8) is 0 Å². The Kier molecular flexibility index (Phi) is 3.65. The molecule has 0 fully saturated rings. The minimum atomic E-state index is -0.289. The number of fused-ring (bicyclic) bond motifs is 3. The van der Waals surface area contributed by atoms with E-state index < -0.39 is 0 Å². The van der Waals surface area contributed by atoms with Gasteiger partial charge < -0.3 is 9.84 Å². The largest absolute Gasteiger partial charge is 0.507 e. The fourth-order valence-electron chi connectivity index (χ4n) is 3.57. The average molecular weight is 383 g/mol. The number of benzene rings is 2. The Morgan fingerprint density at radius 1 is 1.19 bits per heavy atom. The van der Waals surface area contributed by atoms with E-state index in [-0.39, 0.29) is 18.0 Å². The van der Waals surface area contributed by atoms with Crippen LogP contribution in [0.2, 0.25) is 5.02 Å². The summed E-state index contributed by atoms with van der Waals surface area (Å²) in [5.41, 5.74) is 3.71. The molecule has 1 N–H and O–H groups in total. The summed E-state index contributed by atoms with van der Waals surface area (Å²) < 4.78 is 6.26. The number of thiophene rings is 1. The van der Waals surface area contributed by atoms with Crippen molar-refractivity contribution in [3.05, 3.63) is 81.0 Å². The molecule has 0 spiro atoms. The van der Waals surface area contributed by atoms with Crippen LogP contribution in [0, 0.1) is 0 Å². The Morgan fingerprint density at radius 3 is 2.88 bits per heavy atom. The molecule has 5 rings (SSSR count). The highest BCUT2D eigenvalue weighted by Gasteiger charge is 2.41. The second kappa shape index (κ2) is 6.04. The van der Waals surface area contributed by atoms with Crippen molar-refractivity contribution in [2.75, 3.05) is 0 Å². The zero-order valence-corrected chi connectivity index (χ0v) is 15.2. The summed E-state index contributed by atoms with van der Waals surface area (Å²) in [5.74, 6) is 1.07. The van der Waals surface area contributed by atoms with Crippen LogP contribution in [0.5, 0.6) is 11.5 Å². The van der Waals surface area contributed by atoms with Crippen molar-refractivity contribution in [2.24, 2.45) is 5.10 Å².